The van der Waals surface area contributed by atoms with Gasteiger partial charge in [-0.15, -0.1) is 0 Å². The number of rotatable bonds is 3. The Morgan fingerprint density at radius 1 is 0.792 bits per heavy atom. The second-order valence-corrected chi connectivity index (χ2v) is 5.86. The van der Waals surface area contributed by atoms with Gasteiger partial charge in [-0.25, -0.2) is 0 Å². The number of benzene rings is 3. The molecule has 0 fully saturated rings. The molecular formula is C22H16O2. The lowest BCUT2D eigenvalue weighted by Gasteiger charge is -2.04. The zero-order chi connectivity index (χ0) is 16.5. The fraction of sp³-hybridized carbons (Fsp3) is 0.0455. The number of aryl methyl sites for hydroxylation is 1. The molecule has 0 spiro atoms. The molecule has 0 aliphatic heterocycles. The van der Waals surface area contributed by atoms with E-state index in [-0.39, 0.29) is 5.78 Å². The highest BCUT2D eigenvalue weighted by Crippen LogP contribution is 2.35. The smallest absolute Gasteiger partial charge is 0.228 e. The van der Waals surface area contributed by atoms with Crippen molar-refractivity contribution in [2.45, 2.75) is 6.92 Å². The molecule has 0 radical (unpaired) electrons. The van der Waals surface area contributed by atoms with Crippen LogP contribution in [0.4, 0.5) is 0 Å². The van der Waals surface area contributed by atoms with Crippen molar-refractivity contribution >= 4 is 16.8 Å². The van der Waals surface area contributed by atoms with Gasteiger partial charge >= 0.3 is 0 Å². The predicted octanol–water partition coefficient (Wildman–Crippen LogP) is 5.64. The summed E-state index contributed by atoms with van der Waals surface area (Å²) in [5, 5.41) is 0.958. The van der Waals surface area contributed by atoms with Crippen LogP contribution < -0.4 is 0 Å². The summed E-state index contributed by atoms with van der Waals surface area (Å²) in [5.74, 6) is 0.302. The van der Waals surface area contributed by atoms with E-state index < -0.39 is 0 Å². The molecule has 0 aliphatic carbocycles. The molecule has 0 saturated carbocycles. The third-order valence-corrected chi connectivity index (χ3v) is 4.18. The Balaban J connectivity index is 1.95. The zero-order valence-corrected chi connectivity index (χ0v) is 13.3. The van der Waals surface area contributed by atoms with Gasteiger partial charge in [-0.3, -0.25) is 4.79 Å². The van der Waals surface area contributed by atoms with Crippen LogP contribution in [0.25, 0.3) is 22.1 Å². The average Bonchev–Trinajstić information content (AvgIpc) is 3.02. The van der Waals surface area contributed by atoms with Gasteiger partial charge in [-0.1, -0.05) is 78.4 Å². The van der Waals surface area contributed by atoms with E-state index >= 15 is 0 Å². The summed E-state index contributed by atoms with van der Waals surface area (Å²) in [6, 6.07) is 25.3. The summed E-state index contributed by atoms with van der Waals surface area (Å²) in [4.78, 5) is 13.0. The minimum absolute atomic E-state index is 0.0925. The van der Waals surface area contributed by atoms with Crippen molar-refractivity contribution in [3.05, 3.63) is 95.7 Å². The highest BCUT2D eigenvalue weighted by atomic mass is 16.3. The predicted molar refractivity (Wildman–Crippen MR) is 96.3 cm³/mol. The maximum atomic E-state index is 13.0. The number of hydrogen-bond acceptors (Lipinski definition) is 2. The first-order valence-corrected chi connectivity index (χ1v) is 7.92. The molecule has 0 saturated heterocycles. The Hall–Kier alpha value is -3.13. The number of furan rings is 1. The number of hydrogen-bond donors (Lipinski definition) is 0. The number of ketones is 1. The molecule has 0 amide bonds. The van der Waals surface area contributed by atoms with Gasteiger partial charge in [0.15, 0.2) is 5.76 Å². The fourth-order valence-electron chi connectivity index (χ4n) is 2.93. The van der Waals surface area contributed by atoms with E-state index in [0.717, 1.165) is 27.7 Å². The van der Waals surface area contributed by atoms with E-state index in [1.165, 1.54) is 0 Å². The highest BCUT2D eigenvalue weighted by Gasteiger charge is 2.22. The van der Waals surface area contributed by atoms with E-state index in [9.17, 15) is 4.79 Å². The third-order valence-electron chi connectivity index (χ3n) is 4.18. The van der Waals surface area contributed by atoms with Crippen LogP contribution in [0.2, 0.25) is 0 Å². The molecule has 1 heterocycles. The lowest BCUT2D eigenvalue weighted by atomic mass is 9.98. The number of carbonyl (C=O) groups excluding carboxylic acids is 1. The first kappa shape index (κ1) is 14.5. The van der Waals surface area contributed by atoms with Crippen LogP contribution in [-0.4, -0.2) is 5.78 Å². The van der Waals surface area contributed by atoms with E-state index in [0.29, 0.717) is 11.3 Å². The molecule has 4 rings (SSSR count). The molecule has 0 unspecified atom stereocenters. The van der Waals surface area contributed by atoms with Crippen LogP contribution in [0.1, 0.15) is 21.7 Å². The van der Waals surface area contributed by atoms with E-state index in [1.807, 2.05) is 85.8 Å². The zero-order valence-electron chi connectivity index (χ0n) is 13.3. The number of fused-ring (bicyclic) bond motifs is 1. The van der Waals surface area contributed by atoms with Gasteiger partial charge in [0.1, 0.15) is 5.58 Å². The molecule has 24 heavy (non-hydrogen) atoms. The molecule has 0 atom stereocenters. The molecular weight excluding hydrogens is 296 g/mol. The van der Waals surface area contributed by atoms with Crippen molar-refractivity contribution in [3.8, 4) is 11.1 Å². The quantitative estimate of drug-likeness (QED) is 0.458. The first-order chi connectivity index (χ1) is 11.7. The molecule has 116 valence electrons. The highest BCUT2D eigenvalue weighted by molar-refractivity contribution is 6.15. The Morgan fingerprint density at radius 2 is 1.46 bits per heavy atom. The van der Waals surface area contributed by atoms with Crippen LogP contribution in [0.3, 0.4) is 0 Å². The number of para-hydroxylation sites is 1. The minimum Gasteiger partial charge on any atom is -0.452 e. The Morgan fingerprint density at radius 3 is 2.21 bits per heavy atom. The van der Waals surface area contributed by atoms with E-state index in [4.69, 9.17) is 4.42 Å². The topological polar surface area (TPSA) is 30.2 Å². The molecule has 1 aromatic heterocycles. The van der Waals surface area contributed by atoms with Crippen LogP contribution in [-0.2, 0) is 0 Å². The summed E-state index contributed by atoms with van der Waals surface area (Å²) in [7, 11) is 0. The fourth-order valence-corrected chi connectivity index (χ4v) is 2.93. The van der Waals surface area contributed by atoms with Crippen LogP contribution in [0.15, 0.2) is 83.3 Å². The van der Waals surface area contributed by atoms with Gasteiger partial charge in [0, 0.05) is 16.5 Å². The summed E-state index contributed by atoms with van der Waals surface area (Å²) < 4.78 is 5.95. The van der Waals surface area contributed by atoms with Gasteiger partial charge in [0.2, 0.25) is 5.78 Å². The van der Waals surface area contributed by atoms with Crippen molar-refractivity contribution < 1.29 is 9.21 Å². The SMILES string of the molecule is Cc1ccc(C(=O)c2oc3ccccc3c2-c2ccccc2)cc1. The second-order valence-electron chi connectivity index (χ2n) is 5.86. The van der Waals surface area contributed by atoms with Crippen LogP contribution in [0, 0.1) is 6.92 Å². The van der Waals surface area contributed by atoms with Crippen LogP contribution in [0.5, 0.6) is 0 Å². The molecule has 0 aliphatic rings. The van der Waals surface area contributed by atoms with Gasteiger partial charge in [-0.05, 0) is 18.6 Å². The van der Waals surface area contributed by atoms with Crippen molar-refractivity contribution in [2.24, 2.45) is 0 Å². The largest absolute Gasteiger partial charge is 0.452 e. The van der Waals surface area contributed by atoms with E-state index in [1.54, 1.807) is 0 Å². The van der Waals surface area contributed by atoms with Crippen molar-refractivity contribution in [3.63, 3.8) is 0 Å². The van der Waals surface area contributed by atoms with Crippen molar-refractivity contribution in [1.82, 2.24) is 0 Å². The maximum Gasteiger partial charge on any atom is 0.228 e. The molecule has 0 N–H and O–H groups in total. The molecule has 4 aromatic rings. The van der Waals surface area contributed by atoms with Gasteiger partial charge in [-0.2, -0.15) is 0 Å². The second kappa shape index (κ2) is 5.82. The lowest BCUT2D eigenvalue weighted by molar-refractivity contribution is 0.101. The summed E-state index contributed by atoms with van der Waals surface area (Å²) >= 11 is 0. The standard InChI is InChI=1S/C22H16O2/c1-15-11-13-17(14-12-15)21(23)22-20(16-7-3-2-4-8-16)18-9-5-6-10-19(18)24-22/h2-14H,1H3. The monoisotopic (exact) mass is 312 g/mol. The summed E-state index contributed by atoms with van der Waals surface area (Å²) in [6.07, 6.45) is 0. The molecule has 2 heteroatoms. The normalized spacial score (nSPS) is 10.9. The molecule has 3 aromatic carbocycles. The third kappa shape index (κ3) is 2.42. The Kier molecular flexibility index (Phi) is 3.51. The lowest BCUT2D eigenvalue weighted by Crippen LogP contribution is -2.01. The van der Waals surface area contributed by atoms with E-state index in [2.05, 4.69) is 0 Å². The summed E-state index contributed by atoms with van der Waals surface area (Å²) in [6.45, 7) is 2.00. The Bertz CT molecular complexity index is 1010. The minimum atomic E-state index is -0.0925. The van der Waals surface area contributed by atoms with Crippen molar-refractivity contribution in [1.29, 1.82) is 0 Å². The Labute approximate surface area is 140 Å². The molecule has 0 bridgehead atoms. The van der Waals surface area contributed by atoms with Crippen LogP contribution >= 0.6 is 0 Å². The maximum absolute atomic E-state index is 13.0. The number of carbonyl (C=O) groups is 1. The van der Waals surface area contributed by atoms with Gasteiger partial charge < -0.3 is 4.42 Å². The van der Waals surface area contributed by atoms with Gasteiger partial charge in [0.05, 0.1) is 0 Å². The summed E-state index contributed by atoms with van der Waals surface area (Å²) in [5.41, 5.74) is 4.33. The van der Waals surface area contributed by atoms with Gasteiger partial charge in [0.25, 0.3) is 0 Å². The van der Waals surface area contributed by atoms with Crippen molar-refractivity contribution in [2.75, 3.05) is 0 Å². The molecule has 2 nitrogen and oxygen atoms in total. The first-order valence-electron chi connectivity index (χ1n) is 7.92. The average molecular weight is 312 g/mol.